The highest BCUT2D eigenvalue weighted by Gasteiger charge is 2.40. The van der Waals surface area contributed by atoms with Crippen molar-refractivity contribution in [1.82, 2.24) is 20.1 Å². The van der Waals surface area contributed by atoms with Gasteiger partial charge in [-0.15, -0.1) is 5.10 Å². The first-order valence-electron chi connectivity index (χ1n) is 6.08. The molecule has 1 N–H and O–H groups in total. The molecule has 0 spiro atoms. The number of methoxy groups -OCH3 is 1. The zero-order valence-electron chi connectivity index (χ0n) is 12.1. The molecule has 0 aliphatic carbocycles. The van der Waals surface area contributed by atoms with Crippen molar-refractivity contribution in [2.75, 3.05) is 7.11 Å². The Kier molecular flexibility index (Phi) is 5.93. The van der Waals surface area contributed by atoms with Crippen LogP contribution in [0.5, 0.6) is 0 Å². The van der Waals surface area contributed by atoms with Crippen LogP contribution in [0.2, 0.25) is 0 Å². The number of hydrogen-bond donors (Lipinski definition) is 1. The van der Waals surface area contributed by atoms with Crippen molar-refractivity contribution >= 4 is 23.1 Å². The average molecular weight is 336 g/mol. The Morgan fingerprint density at radius 3 is 2.57 bits per heavy atom. The number of hydrogen-bond acceptors (Lipinski definition) is 6. The monoisotopic (exact) mass is 336 g/mol. The van der Waals surface area contributed by atoms with Crippen LogP contribution in [-0.4, -0.2) is 50.4 Å². The van der Waals surface area contributed by atoms with E-state index in [9.17, 15) is 22.8 Å². The van der Waals surface area contributed by atoms with Crippen LogP contribution in [0.4, 0.5) is 13.2 Å². The van der Waals surface area contributed by atoms with E-state index >= 15 is 0 Å². The van der Waals surface area contributed by atoms with Crippen LogP contribution in [-0.2, 0) is 27.9 Å². The minimum Gasteiger partial charge on any atom is -0.481 e. The predicted octanol–water partition coefficient (Wildman–Crippen LogP) is -0.153. The molecule has 0 bridgehead atoms. The van der Waals surface area contributed by atoms with Gasteiger partial charge in [-0.3, -0.25) is 4.79 Å². The van der Waals surface area contributed by atoms with Gasteiger partial charge in [0.15, 0.2) is 12.7 Å². The van der Waals surface area contributed by atoms with Crippen LogP contribution in [0.1, 0.15) is 6.42 Å². The number of carboxylic acids is 1. The normalized spacial score (nSPS) is 10.8. The molecule has 0 amide bonds. The number of aromatic nitrogens is 5. The highest BCUT2D eigenvalue weighted by molar-refractivity contribution is 5.75. The number of carbonyl (C=O) groups is 2. The van der Waals surface area contributed by atoms with E-state index in [-0.39, 0.29) is 6.42 Å². The van der Waals surface area contributed by atoms with Gasteiger partial charge in [-0.25, -0.2) is 9.48 Å². The van der Waals surface area contributed by atoms with E-state index in [1.54, 1.807) is 22.6 Å². The first-order valence-corrected chi connectivity index (χ1v) is 6.08. The zero-order chi connectivity index (χ0) is 17.6. The quantitative estimate of drug-likeness (QED) is 0.613. The summed E-state index contributed by atoms with van der Waals surface area (Å²) in [7, 11) is 2.45. The fourth-order valence-electron chi connectivity index (χ4n) is 1.37. The van der Waals surface area contributed by atoms with E-state index in [0.717, 1.165) is 5.52 Å². The van der Waals surface area contributed by atoms with E-state index in [1.165, 1.54) is 0 Å². The summed E-state index contributed by atoms with van der Waals surface area (Å²) in [4.78, 5) is 19.9. The molecule has 2 heterocycles. The summed E-state index contributed by atoms with van der Waals surface area (Å²) in [6.45, 7) is 0.335. The van der Waals surface area contributed by atoms with Crippen molar-refractivity contribution in [2.45, 2.75) is 19.1 Å². The summed E-state index contributed by atoms with van der Waals surface area (Å²) in [6, 6.07) is 1.81. The molecule has 2 aromatic heterocycles. The maximum absolute atomic E-state index is 11.0. The van der Waals surface area contributed by atoms with Crippen LogP contribution in [0.25, 0.3) is 11.2 Å². The SMILES string of the molecule is COC(=O)C(F)(F)F.Cn1nnc2n[n+](CCC(=O)O)ccc21. The topological polar surface area (TPSA) is 111 Å². The van der Waals surface area contributed by atoms with E-state index in [4.69, 9.17) is 5.11 Å². The van der Waals surface area contributed by atoms with Gasteiger partial charge in [-0.2, -0.15) is 13.2 Å². The average Bonchev–Trinajstić information content (AvgIpc) is 2.85. The number of esters is 1. The number of alkyl halides is 3. The largest absolute Gasteiger partial charge is 0.490 e. The molecule has 2 rings (SSSR count). The van der Waals surface area contributed by atoms with Gasteiger partial charge in [0.1, 0.15) is 11.9 Å². The van der Waals surface area contributed by atoms with Crippen molar-refractivity contribution in [2.24, 2.45) is 7.05 Å². The third kappa shape index (κ3) is 5.48. The summed E-state index contributed by atoms with van der Waals surface area (Å²) < 4.78 is 39.4. The van der Waals surface area contributed by atoms with Crippen LogP contribution in [0.15, 0.2) is 12.3 Å². The van der Waals surface area contributed by atoms with Gasteiger partial charge in [-0.05, 0) is 0 Å². The van der Waals surface area contributed by atoms with Gasteiger partial charge < -0.3 is 9.84 Å². The molecule has 9 nitrogen and oxygen atoms in total. The van der Waals surface area contributed by atoms with E-state index < -0.39 is 18.1 Å². The molecule has 0 radical (unpaired) electrons. The van der Waals surface area contributed by atoms with Gasteiger partial charge in [0.25, 0.3) is 5.65 Å². The molecule has 0 unspecified atom stereocenters. The lowest BCUT2D eigenvalue weighted by molar-refractivity contribution is -0.750. The molecule has 0 aliphatic heterocycles. The minimum absolute atomic E-state index is 0.0451. The third-order valence-corrected chi connectivity index (χ3v) is 2.45. The van der Waals surface area contributed by atoms with Crippen LogP contribution in [0.3, 0.4) is 0 Å². The lowest BCUT2D eigenvalue weighted by atomic mass is 10.4. The summed E-state index contributed by atoms with van der Waals surface area (Å²) >= 11 is 0. The summed E-state index contributed by atoms with van der Waals surface area (Å²) in [5.74, 6) is -3.01. The first-order chi connectivity index (χ1) is 10.6. The number of carbonyl (C=O) groups excluding carboxylic acids is 1. The maximum Gasteiger partial charge on any atom is 0.490 e. The number of halogens is 3. The smallest absolute Gasteiger partial charge is 0.481 e. The number of fused-ring (bicyclic) bond motifs is 1. The van der Waals surface area contributed by atoms with Gasteiger partial charge in [-0.1, -0.05) is 9.90 Å². The molecule has 0 aromatic carbocycles. The van der Waals surface area contributed by atoms with Crippen molar-refractivity contribution in [3.63, 3.8) is 0 Å². The fourth-order valence-corrected chi connectivity index (χ4v) is 1.37. The molecule has 0 saturated heterocycles. The second kappa shape index (κ2) is 7.47. The highest BCUT2D eigenvalue weighted by Crippen LogP contribution is 2.15. The molecule has 0 saturated carbocycles. The van der Waals surface area contributed by atoms with Crippen molar-refractivity contribution in [3.05, 3.63) is 12.3 Å². The van der Waals surface area contributed by atoms with E-state index in [2.05, 4.69) is 20.1 Å². The number of aliphatic carboxylic acids is 1. The van der Waals surface area contributed by atoms with Crippen LogP contribution < -0.4 is 4.68 Å². The maximum atomic E-state index is 11.0. The second-order valence-corrected chi connectivity index (χ2v) is 4.13. The summed E-state index contributed by atoms with van der Waals surface area (Å²) in [5, 5.41) is 20.3. The first kappa shape index (κ1) is 18.3. The molecule has 23 heavy (non-hydrogen) atoms. The Hall–Kier alpha value is -2.79. The molecular weight excluding hydrogens is 323 g/mol. The molecule has 2 aromatic rings. The van der Waals surface area contributed by atoms with Crippen molar-refractivity contribution < 1.29 is 37.3 Å². The Morgan fingerprint density at radius 1 is 1.43 bits per heavy atom. The van der Waals surface area contributed by atoms with Crippen molar-refractivity contribution in [1.29, 1.82) is 0 Å². The van der Waals surface area contributed by atoms with Crippen LogP contribution in [0, 0.1) is 0 Å². The summed E-state index contributed by atoms with van der Waals surface area (Å²) in [6.07, 6.45) is -3.09. The number of aryl methyl sites for hydroxylation is 2. The van der Waals surface area contributed by atoms with Crippen LogP contribution >= 0.6 is 0 Å². The van der Waals surface area contributed by atoms with Gasteiger partial charge in [0.2, 0.25) is 0 Å². The second-order valence-electron chi connectivity index (χ2n) is 4.13. The zero-order valence-corrected chi connectivity index (χ0v) is 12.1. The van der Waals surface area contributed by atoms with E-state index in [1.807, 2.05) is 6.07 Å². The number of rotatable bonds is 3. The predicted molar refractivity (Wildman–Crippen MR) is 66.8 cm³/mol. The summed E-state index contributed by atoms with van der Waals surface area (Å²) in [5.41, 5.74) is 1.34. The molecule has 126 valence electrons. The molecular formula is C11H13F3N5O4+. The van der Waals surface area contributed by atoms with Gasteiger partial charge in [0, 0.05) is 18.2 Å². The standard InChI is InChI=1S/C8H9N5O2.C3H3F3O2/c1-12-6-2-4-13(5-3-7(14)15)10-8(6)9-11-12;1-8-2(7)3(4,5)6/h2,4H,3,5H2,1H3;1H3/p+1. The lowest BCUT2D eigenvalue weighted by Crippen LogP contribution is -2.38. The minimum atomic E-state index is -4.85. The Labute approximate surface area is 127 Å². The molecule has 12 heteroatoms. The Bertz CT molecular complexity index is 701. The number of nitrogens with zero attached hydrogens (tertiary/aromatic N) is 5. The Balaban J connectivity index is 0.000000284. The third-order valence-electron chi connectivity index (χ3n) is 2.45. The number of ether oxygens (including phenoxy) is 1. The Morgan fingerprint density at radius 2 is 2.09 bits per heavy atom. The van der Waals surface area contributed by atoms with Gasteiger partial charge >= 0.3 is 18.1 Å². The number of carboxylic acid groups (broad SMARTS) is 1. The molecule has 0 fully saturated rings. The molecule has 0 atom stereocenters. The highest BCUT2D eigenvalue weighted by atomic mass is 19.4. The van der Waals surface area contributed by atoms with Gasteiger partial charge in [0.05, 0.1) is 7.11 Å². The molecule has 0 aliphatic rings. The van der Waals surface area contributed by atoms with Crippen molar-refractivity contribution in [3.8, 4) is 0 Å². The van der Waals surface area contributed by atoms with E-state index in [0.29, 0.717) is 19.3 Å². The fraction of sp³-hybridized carbons (Fsp3) is 0.455. The lowest BCUT2D eigenvalue weighted by Gasteiger charge is -1.99.